The standard InChI is InChI=1S/C11H24N2O3S/c1-10-5-4-6-13(7-10)17(15,16)12-8-11(2,3)9-14/h10,12,14H,4-9H2,1-3H3. The Bertz CT molecular complexity index is 341. The maximum atomic E-state index is 12.0. The lowest BCUT2D eigenvalue weighted by atomic mass is 9.96. The van der Waals surface area contributed by atoms with Crippen LogP contribution >= 0.6 is 0 Å². The van der Waals surface area contributed by atoms with E-state index >= 15 is 0 Å². The molecule has 6 heteroatoms. The second-order valence-corrected chi connectivity index (χ2v) is 7.51. The first kappa shape index (κ1) is 14.9. The number of nitrogens with zero attached hydrogens (tertiary/aromatic N) is 1. The highest BCUT2D eigenvalue weighted by molar-refractivity contribution is 7.87. The highest BCUT2D eigenvalue weighted by atomic mass is 32.2. The van der Waals surface area contributed by atoms with Crippen molar-refractivity contribution in [1.82, 2.24) is 9.03 Å². The molecule has 0 saturated carbocycles. The summed E-state index contributed by atoms with van der Waals surface area (Å²) in [6.45, 7) is 7.14. The van der Waals surface area contributed by atoms with Crippen molar-refractivity contribution in [3.63, 3.8) is 0 Å². The van der Waals surface area contributed by atoms with E-state index in [1.165, 1.54) is 4.31 Å². The van der Waals surface area contributed by atoms with Crippen LogP contribution in [0.2, 0.25) is 0 Å². The van der Waals surface area contributed by atoms with Gasteiger partial charge in [0.05, 0.1) is 0 Å². The topological polar surface area (TPSA) is 69.6 Å². The lowest BCUT2D eigenvalue weighted by molar-refractivity contribution is 0.162. The summed E-state index contributed by atoms with van der Waals surface area (Å²) < 4.78 is 28.1. The fourth-order valence-corrected chi connectivity index (χ4v) is 3.37. The molecule has 1 aliphatic heterocycles. The summed E-state index contributed by atoms with van der Waals surface area (Å²) in [7, 11) is -3.39. The molecule has 0 spiro atoms. The summed E-state index contributed by atoms with van der Waals surface area (Å²) in [6.07, 6.45) is 2.01. The third-order valence-electron chi connectivity index (χ3n) is 3.12. The minimum Gasteiger partial charge on any atom is -0.396 e. The maximum Gasteiger partial charge on any atom is 0.279 e. The van der Waals surface area contributed by atoms with Crippen molar-refractivity contribution in [2.24, 2.45) is 11.3 Å². The Morgan fingerprint density at radius 1 is 1.47 bits per heavy atom. The molecule has 1 heterocycles. The van der Waals surface area contributed by atoms with Gasteiger partial charge in [-0.2, -0.15) is 12.7 Å². The molecule has 2 N–H and O–H groups in total. The number of nitrogens with one attached hydrogen (secondary N) is 1. The molecular formula is C11H24N2O3S. The van der Waals surface area contributed by atoms with Gasteiger partial charge in [-0.05, 0) is 18.8 Å². The van der Waals surface area contributed by atoms with Gasteiger partial charge in [-0.3, -0.25) is 0 Å². The number of piperidine rings is 1. The van der Waals surface area contributed by atoms with Crippen LogP contribution in [0, 0.1) is 11.3 Å². The van der Waals surface area contributed by atoms with E-state index in [0.717, 1.165) is 12.8 Å². The van der Waals surface area contributed by atoms with Gasteiger partial charge < -0.3 is 5.11 Å². The molecule has 0 radical (unpaired) electrons. The molecular weight excluding hydrogens is 240 g/mol. The van der Waals surface area contributed by atoms with E-state index in [-0.39, 0.29) is 13.2 Å². The molecule has 1 fully saturated rings. The number of hydrogen-bond donors (Lipinski definition) is 2. The minimum atomic E-state index is -3.39. The molecule has 1 saturated heterocycles. The van der Waals surface area contributed by atoms with Crippen LogP contribution in [-0.2, 0) is 10.2 Å². The summed E-state index contributed by atoms with van der Waals surface area (Å²) in [5, 5.41) is 9.09. The monoisotopic (exact) mass is 264 g/mol. The second kappa shape index (κ2) is 5.65. The first-order chi connectivity index (χ1) is 7.77. The average molecular weight is 264 g/mol. The third kappa shape index (κ3) is 4.54. The van der Waals surface area contributed by atoms with Gasteiger partial charge >= 0.3 is 0 Å². The quantitative estimate of drug-likeness (QED) is 0.763. The minimum absolute atomic E-state index is 0.0358. The molecule has 5 nitrogen and oxygen atoms in total. The molecule has 0 aliphatic carbocycles. The fourth-order valence-electron chi connectivity index (χ4n) is 1.80. The van der Waals surface area contributed by atoms with Crippen LogP contribution in [0.25, 0.3) is 0 Å². The zero-order valence-corrected chi connectivity index (χ0v) is 11.8. The van der Waals surface area contributed by atoms with Crippen molar-refractivity contribution in [3.05, 3.63) is 0 Å². The van der Waals surface area contributed by atoms with E-state index in [2.05, 4.69) is 11.6 Å². The van der Waals surface area contributed by atoms with Gasteiger partial charge in [0.25, 0.3) is 10.2 Å². The van der Waals surface area contributed by atoms with E-state index in [4.69, 9.17) is 5.11 Å². The van der Waals surface area contributed by atoms with Crippen LogP contribution in [-0.4, -0.2) is 44.1 Å². The normalized spacial score (nSPS) is 23.9. The summed E-state index contributed by atoms with van der Waals surface area (Å²) >= 11 is 0. The zero-order valence-electron chi connectivity index (χ0n) is 10.9. The molecule has 1 rings (SSSR count). The highest BCUT2D eigenvalue weighted by Gasteiger charge is 2.28. The van der Waals surface area contributed by atoms with Crippen LogP contribution in [0.4, 0.5) is 0 Å². The van der Waals surface area contributed by atoms with E-state index < -0.39 is 15.6 Å². The van der Waals surface area contributed by atoms with Gasteiger partial charge in [0.1, 0.15) is 0 Å². The van der Waals surface area contributed by atoms with Gasteiger partial charge in [0, 0.05) is 31.7 Å². The lowest BCUT2D eigenvalue weighted by Crippen LogP contribution is -2.48. The Kier molecular flexibility index (Phi) is 4.95. The predicted molar refractivity (Wildman–Crippen MR) is 67.8 cm³/mol. The molecule has 1 atom stereocenters. The predicted octanol–water partition coefficient (Wildman–Crippen LogP) is 0.571. The number of rotatable bonds is 5. The Balaban J connectivity index is 2.56. The summed E-state index contributed by atoms with van der Waals surface area (Å²) in [5.41, 5.74) is -0.422. The van der Waals surface area contributed by atoms with Crippen molar-refractivity contribution in [2.45, 2.75) is 33.6 Å². The average Bonchev–Trinajstić information content (AvgIpc) is 2.27. The zero-order chi connectivity index (χ0) is 13.1. The first-order valence-corrected chi connectivity index (χ1v) is 7.56. The number of aliphatic hydroxyl groups is 1. The van der Waals surface area contributed by atoms with Crippen molar-refractivity contribution < 1.29 is 13.5 Å². The van der Waals surface area contributed by atoms with Crippen LogP contribution in [0.15, 0.2) is 0 Å². The van der Waals surface area contributed by atoms with E-state index in [1.807, 2.05) is 13.8 Å². The largest absolute Gasteiger partial charge is 0.396 e. The molecule has 0 bridgehead atoms. The van der Waals surface area contributed by atoms with Gasteiger partial charge in [-0.15, -0.1) is 0 Å². The van der Waals surface area contributed by atoms with Crippen LogP contribution in [0.1, 0.15) is 33.6 Å². The van der Waals surface area contributed by atoms with Crippen molar-refractivity contribution >= 4 is 10.2 Å². The van der Waals surface area contributed by atoms with Crippen LogP contribution < -0.4 is 4.72 Å². The van der Waals surface area contributed by atoms with Gasteiger partial charge in [0.2, 0.25) is 0 Å². The van der Waals surface area contributed by atoms with Crippen LogP contribution in [0.3, 0.4) is 0 Å². The molecule has 0 amide bonds. The molecule has 0 aromatic carbocycles. The van der Waals surface area contributed by atoms with E-state index in [1.54, 1.807) is 0 Å². The highest BCUT2D eigenvalue weighted by Crippen LogP contribution is 2.18. The van der Waals surface area contributed by atoms with E-state index in [0.29, 0.717) is 19.0 Å². The fraction of sp³-hybridized carbons (Fsp3) is 1.00. The molecule has 1 aliphatic rings. The Morgan fingerprint density at radius 2 is 2.12 bits per heavy atom. The summed E-state index contributed by atoms with van der Waals surface area (Å²) in [6, 6.07) is 0. The van der Waals surface area contributed by atoms with E-state index in [9.17, 15) is 8.42 Å². The number of hydrogen-bond acceptors (Lipinski definition) is 3. The molecule has 0 aromatic rings. The Labute approximate surface area is 104 Å². The van der Waals surface area contributed by atoms with Crippen molar-refractivity contribution in [1.29, 1.82) is 0 Å². The third-order valence-corrected chi connectivity index (χ3v) is 4.64. The van der Waals surface area contributed by atoms with Gasteiger partial charge in [-0.1, -0.05) is 20.8 Å². The first-order valence-electron chi connectivity index (χ1n) is 6.12. The summed E-state index contributed by atoms with van der Waals surface area (Å²) in [5.74, 6) is 0.422. The van der Waals surface area contributed by atoms with Gasteiger partial charge in [-0.25, -0.2) is 4.72 Å². The number of aliphatic hydroxyl groups excluding tert-OH is 1. The maximum absolute atomic E-state index is 12.0. The smallest absolute Gasteiger partial charge is 0.279 e. The van der Waals surface area contributed by atoms with Crippen molar-refractivity contribution in [2.75, 3.05) is 26.2 Å². The molecule has 17 heavy (non-hydrogen) atoms. The van der Waals surface area contributed by atoms with Crippen molar-refractivity contribution in [3.8, 4) is 0 Å². The SMILES string of the molecule is CC1CCCN(S(=O)(=O)NCC(C)(C)CO)C1. The van der Waals surface area contributed by atoms with Crippen LogP contribution in [0.5, 0.6) is 0 Å². The summed E-state index contributed by atoms with van der Waals surface area (Å²) in [4.78, 5) is 0. The second-order valence-electron chi connectivity index (χ2n) is 5.75. The Morgan fingerprint density at radius 3 is 2.65 bits per heavy atom. The molecule has 1 unspecified atom stereocenters. The Hall–Kier alpha value is -0.170. The lowest BCUT2D eigenvalue weighted by Gasteiger charge is -2.31. The molecule has 102 valence electrons. The molecule has 0 aromatic heterocycles. The van der Waals surface area contributed by atoms with Gasteiger partial charge in [0.15, 0.2) is 0 Å².